The SMILES string of the molecule is C=C[CH]c1ccc(F)cc1. The lowest BCUT2D eigenvalue weighted by molar-refractivity contribution is 0.627. The molecule has 0 nitrogen and oxygen atoms in total. The zero-order valence-corrected chi connectivity index (χ0v) is 5.55. The first kappa shape index (κ1) is 7.00. The molecule has 0 heterocycles. The minimum absolute atomic E-state index is 0.207. The maximum Gasteiger partial charge on any atom is 0.123 e. The van der Waals surface area contributed by atoms with E-state index in [1.807, 2.05) is 6.42 Å². The molecule has 0 atom stereocenters. The summed E-state index contributed by atoms with van der Waals surface area (Å²) in [5, 5.41) is 0. The average molecular weight is 135 g/mol. The van der Waals surface area contributed by atoms with Crippen molar-refractivity contribution in [2.75, 3.05) is 0 Å². The summed E-state index contributed by atoms with van der Waals surface area (Å²) >= 11 is 0. The number of hydrogen-bond donors (Lipinski definition) is 0. The number of rotatable bonds is 2. The average Bonchev–Trinajstić information content (AvgIpc) is 1.95. The predicted octanol–water partition coefficient (Wildman–Crippen LogP) is 2.56. The van der Waals surface area contributed by atoms with E-state index in [4.69, 9.17) is 0 Å². The Morgan fingerprint density at radius 1 is 1.20 bits per heavy atom. The molecular formula is C9H8F. The zero-order chi connectivity index (χ0) is 7.40. The fourth-order valence-electron chi connectivity index (χ4n) is 0.710. The Kier molecular flexibility index (Phi) is 2.21. The Bertz CT molecular complexity index is 211. The minimum atomic E-state index is -0.207. The highest BCUT2D eigenvalue weighted by atomic mass is 19.1. The second kappa shape index (κ2) is 3.16. The molecule has 0 bridgehead atoms. The predicted molar refractivity (Wildman–Crippen MR) is 40.0 cm³/mol. The van der Waals surface area contributed by atoms with E-state index in [2.05, 4.69) is 6.58 Å². The summed E-state index contributed by atoms with van der Waals surface area (Å²) in [6, 6.07) is 6.26. The van der Waals surface area contributed by atoms with E-state index >= 15 is 0 Å². The molecule has 0 aromatic heterocycles. The van der Waals surface area contributed by atoms with Crippen molar-refractivity contribution in [2.45, 2.75) is 0 Å². The van der Waals surface area contributed by atoms with Crippen LogP contribution in [0.2, 0.25) is 0 Å². The van der Waals surface area contributed by atoms with Crippen LogP contribution in [0.3, 0.4) is 0 Å². The van der Waals surface area contributed by atoms with Crippen LogP contribution in [0.5, 0.6) is 0 Å². The highest BCUT2D eigenvalue weighted by Gasteiger charge is 1.89. The molecule has 0 aliphatic carbocycles. The van der Waals surface area contributed by atoms with Crippen molar-refractivity contribution in [3.05, 3.63) is 54.7 Å². The Balaban J connectivity index is 2.78. The van der Waals surface area contributed by atoms with Crippen LogP contribution in [-0.4, -0.2) is 0 Å². The molecule has 0 unspecified atom stereocenters. The van der Waals surface area contributed by atoms with Crippen LogP contribution in [0.15, 0.2) is 36.9 Å². The molecule has 0 N–H and O–H groups in total. The maximum atomic E-state index is 12.3. The zero-order valence-electron chi connectivity index (χ0n) is 5.55. The fourth-order valence-corrected chi connectivity index (χ4v) is 0.710. The van der Waals surface area contributed by atoms with Crippen molar-refractivity contribution in [3.63, 3.8) is 0 Å². The van der Waals surface area contributed by atoms with Gasteiger partial charge < -0.3 is 0 Å². The first-order chi connectivity index (χ1) is 4.83. The third-order valence-corrected chi connectivity index (χ3v) is 1.18. The summed E-state index contributed by atoms with van der Waals surface area (Å²) in [4.78, 5) is 0. The smallest absolute Gasteiger partial charge is 0.123 e. The topological polar surface area (TPSA) is 0 Å². The monoisotopic (exact) mass is 135 g/mol. The summed E-state index contributed by atoms with van der Waals surface area (Å²) in [6.45, 7) is 3.53. The van der Waals surface area contributed by atoms with Gasteiger partial charge in [-0.15, -0.1) is 6.58 Å². The number of benzene rings is 1. The summed E-state index contributed by atoms with van der Waals surface area (Å²) in [7, 11) is 0. The second-order valence-electron chi connectivity index (χ2n) is 1.95. The maximum absolute atomic E-state index is 12.3. The Hall–Kier alpha value is -1.11. The van der Waals surface area contributed by atoms with Gasteiger partial charge in [0.2, 0.25) is 0 Å². The Labute approximate surface area is 60.0 Å². The van der Waals surface area contributed by atoms with Crippen LogP contribution in [0.4, 0.5) is 4.39 Å². The van der Waals surface area contributed by atoms with E-state index in [1.165, 1.54) is 12.1 Å². The van der Waals surface area contributed by atoms with Gasteiger partial charge >= 0.3 is 0 Å². The van der Waals surface area contributed by atoms with E-state index in [0.717, 1.165) is 5.56 Å². The van der Waals surface area contributed by atoms with E-state index in [1.54, 1.807) is 18.2 Å². The van der Waals surface area contributed by atoms with E-state index in [9.17, 15) is 4.39 Å². The van der Waals surface area contributed by atoms with Gasteiger partial charge in [0.1, 0.15) is 5.82 Å². The third-order valence-electron chi connectivity index (χ3n) is 1.18. The van der Waals surface area contributed by atoms with Crippen LogP contribution in [0, 0.1) is 12.2 Å². The van der Waals surface area contributed by atoms with Gasteiger partial charge in [0.15, 0.2) is 0 Å². The van der Waals surface area contributed by atoms with Crippen LogP contribution in [-0.2, 0) is 0 Å². The van der Waals surface area contributed by atoms with Gasteiger partial charge in [0.05, 0.1) is 0 Å². The summed E-state index contributed by atoms with van der Waals surface area (Å²) < 4.78 is 12.3. The molecule has 0 amide bonds. The van der Waals surface area contributed by atoms with Crippen molar-refractivity contribution in [2.24, 2.45) is 0 Å². The molecule has 1 radical (unpaired) electrons. The van der Waals surface area contributed by atoms with Gasteiger partial charge in [-0.25, -0.2) is 4.39 Å². The largest absolute Gasteiger partial charge is 0.207 e. The molecule has 0 aliphatic rings. The number of hydrogen-bond acceptors (Lipinski definition) is 0. The highest BCUT2D eigenvalue weighted by molar-refractivity contribution is 5.27. The highest BCUT2D eigenvalue weighted by Crippen LogP contribution is 2.04. The molecule has 0 saturated heterocycles. The van der Waals surface area contributed by atoms with Gasteiger partial charge in [-0.1, -0.05) is 18.2 Å². The van der Waals surface area contributed by atoms with E-state index < -0.39 is 0 Å². The molecule has 0 saturated carbocycles. The Morgan fingerprint density at radius 3 is 2.30 bits per heavy atom. The molecule has 1 aromatic rings. The molecule has 10 heavy (non-hydrogen) atoms. The number of halogens is 1. The summed E-state index contributed by atoms with van der Waals surface area (Å²) in [5.41, 5.74) is 0.969. The fraction of sp³-hybridized carbons (Fsp3) is 0. The molecule has 51 valence electrons. The standard InChI is InChI=1S/C9H8F/c1-2-3-8-4-6-9(10)7-5-8/h2-7H,1H2. The summed E-state index contributed by atoms with van der Waals surface area (Å²) in [5.74, 6) is -0.207. The number of allylic oxidation sites excluding steroid dienone is 1. The molecule has 1 rings (SSSR count). The van der Waals surface area contributed by atoms with E-state index in [-0.39, 0.29) is 5.82 Å². The lowest BCUT2D eigenvalue weighted by Gasteiger charge is -1.92. The molecular weight excluding hydrogens is 127 g/mol. The molecule has 0 fully saturated rings. The molecule has 1 aromatic carbocycles. The van der Waals surface area contributed by atoms with Gasteiger partial charge in [0, 0.05) is 6.42 Å². The van der Waals surface area contributed by atoms with Gasteiger partial charge in [-0.05, 0) is 17.7 Å². The third kappa shape index (κ3) is 1.69. The lowest BCUT2D eigenvalue weighted by Crippen LogP contribution is -1.77. The van der Waals surface area contributed by atoms with Gasteiger partial charge in [-0.3, -0.25) is 0 Å². The van der Waals surface area contributed by atoms with Crippen molar-refractivity contribution in [3.8, 4) is 0 Å². The van der Waals surface area contributed by atoms with Gasteiger partial charge in [-0.2, -0.15) is 0 Å². The van der Waals surface area contributed by atoms with Gasteiger partial charge in [0.25, 0.3) is 0 Å². The van der Waals surface area contributed by atoms with Crippen molar-refractivity contribution in [1.29, 1.82) is 0 Å². The normalized spacial score (nSPS) is 9.30. The lowest BCUT2D eigenvalue weighted by atomic mass is 10.1. The van der Waals surface area contributed by atoms with Crippen molar-refractivity contribution >= 4 is 0 Å². The Morgan fingerprint density at radius 2 is 1.80 bits per heavy atom. The minimum Gasteiger partial charge on any atom is -0.207 e. The van der Waals surface area contributed by atoms with Crippen LogP contribution in [0.25, 0.3) is 0 Å². The van der Waals surface area contributed by atoms with Crippen LogP contribution in [0.1, 0.15) is 5.56 Å². The van der Waals surface area contributed by atoms with Crippen molar-refractivity contribution < 1.29 is 4.39 Å². The molecule has 0 spiro atoms. The van der Waals surface area contributed by atoms with Crippen LogP contribution >= 0.6 is 0 Å². The van der Waals surface area contributed by atoms with Crippen molar-refractivity contribution in [1.82, 2.24) is 0 Å². The van der Waals surface area contributed by atoms with Crippen LogP contribution < -0.4 is 0 Å². The first-order valence-corrected chi connectivity index (χ1v) is 3.04. The van der Waals surface area contributed by atoms with E-state index in [0.29, 0.717) is 0 Å². The quantitative estimate of drug-likeness (QED) is 0.584. The molecule has 1 heteroatoms. The second-order valence-corrected chi connectivity index (χ2v) is 1.95. The molecule has 0 aliphatic heterocycles. The first-order valence-electron chi connectivity index (χ1n) is 3.04. The summed E-state index contributed by atoms with van der Waals surface area (Å²) in [6.07, 6.45) is 3.49.